The summed E-state index contributed by atoms with van der Waals surface area (Å²) in [6.07, 6.45) is 7.36. The number of phosphoric acid groups is 1. The summed E-state index contributed by atoms with van der Waals surface area (Å²) in [5.41, 5.74) is 0. The van der Waals surface area contributed by atoms with Crippen LogP contribution >= 0.6 is 7.82 Å². The van der Waals surface area contributed by atoms with E-state index in [1.165, 1.54) is 19.3 Å². The van der Waals surface area contributed by atoms with Crippen molar-refractivity contribution in [3.63, 3.8) is 0 Å². The van der Waals surface area contributed by atoms with Gasteiger partial charge in [-0.25, -0.2) is 0 Å². The van der Waals surface area contributed by atoms with Crippen molar-refractivity contribution in [3.8, 4) is 0 Å². The number of hydrogen-bond donors (Lipinski definition) is 0. The molecule has 0 aliphatic rings. The molecule has 1 unspecified atom stereocenters. The van der Waals surface area contributed by atoms with Gasteiger partial charge in [0.25, 0.3) is 0 Å². The number of phosphoric ester groups is 1. The first-order valence-electron chi connectivity index (χ1n) is 7.05. The third-order valence-corrected chi connectivity index (χ3v) is 3.53. The Labute approximate surface area is 111 Å². The van der Waals surface area contributed by atoms with Gasteiger partial charge in [-0.2, -0.15) is 0 Å². The molecule has 0 aromatic carbocycles. The van der Waals surface area contributed by atoms with Crippen LogP contribution in [0.5, 0.6) is 0 Å². The van der Waals surface area contributed by atoms with Gasteiger partial charge in [-0.1, -0.05) is 52.9 Å². The molecule has 0 radical (unpaired) electrons. The topological polar surface area (TPSA) is 72.4 Å². The molecule has 0 saturated carbocycles. The minimum absolute atomic E-state index is 0.421. The summed E-state index contributed by atoms with van der Waals surface area (Å²) in [6.45, 7) is 6.30. The fraction of sp³-hybridized carbons (Fsp3) is 1.00. The van der Waals surface area contributed by atoms with Gasteiger partial charge < -0.3 is 18.9 Å². The van der Waals surface area contributed by atoms with E-state index in [-0.39, 0.29) is 0 Å². The molecule has 4 nitrogen and oxygen atoms in total. The lowest BCUT2D eigenvalue weighted by atomic mass is 10.0. The van der Waals surface area contributed by atoms with Crippen LogP contribution in [0.1, 0.15) is 72.1 Å². The Morgan fingerprint density at radius 3 is 2.11 bits per heavy atom. The minimum atomic E-state index is -4.84. The van der Waals surface area contributed by atoms with Crippen molar-refractivity contribution in [1.82, 2.24) is 0 Å². The van der Waals surface area contributed by atoms with Crippen LogP contribution in [-0.2, 0) is 9.09 Å². The Kier molecular flexibility index (Phi) is 10.0. The predicted octanol–water partition coefficient (Wildman–Crippen LogP) is 3.00. The molecule has 110 valence electrons. The molecule has 0 rings (SSSR count). The standard InChI is InChI=1S/C13H29O4P/c1-4-5-6-7-8-9-13(11-10-12(2)3)17-18(14,15)16/h12-13H,4-11H2,1-3H3,(H2,14,15,16)/p-2. The Morgan fingerprint density at radius 1 is 1.00 bits per heavy atom. The van der Waals surface area contributed by atoms with Crippen molar-refractivity contribution in [2.24, 2.45) is 5.92 Å². The van der Waals surface area contributed by atoms with Gasteiger partial charge in [0.1, 0.15) is 0 Å². The van der Waals surface area contributed by atoms with Crippen molar-refractivity contribution < 1.29 is 18.9 Å². The zero-order valence-corrected chi connectivity index (χ0v) is 12.8. The van der Waals surface area contributed by atoms with Crippen molar-refractivity contribution in [2.45, 2.75) is 78.2 Å². The summed E-state index contributed by atoms with van der Waals surface area (Å²) in [5, 5.41) is 0. The average Bonchev–Trinajstić information content (AvgIpc) is 2.23. The monoisotopic (exact) mass is 278 g/mol. The first kappa shape index (κ1) is 18.1. The fourth-order valence-corrected chi connectivity index (χ4v) is 2.50. The zero-order valence-electron chi connectivity index (χ0n) is 11.9. The summed E-state index contributed by atoms with van der Waals surface area (Å²) in [7, 11) is -4.84. The van der Waals surface area contributed by atoms with E-state index in [0.29, 0.717) is 18.8 Å². The second-order valence-corrected chi connectivity index (χ2v) is 6.45. The maximum Gasteiger partial charge on any atom is 0.0627 e. The lowest BCUT2D eigenvalue weighted by Crippen LogP contribution is -2.23. The SMILES string of the molecule is CCCCCCCC(CCC(C)C)OP(=O)([O-])[O-]. The molecule has 1 atom stereocenters. The normalized spacial score (nSPS) is 14.1. The third kappa shape index (κ3) is 12.6. The van der Waals surface area contributed by atoms with Crippen molar-refractivity contribution in [2.75, 3.05) is 0 Å². The van der Waals surface area contributed by atoms with Crippen molar-refractivity contribution in [1.29, 1.82) is 0 Å². The lowest BCUT2D eigenvalue weighted by molar-refractivity contribution is -0.345. The van der Waals surface area contributed by atoms with Gasteiger partial charge >= 0.3 is 0 Å². The fourth-order valence-electron chi connectivity index (χ4n) is 1.93. The van der Waals surface area contributed by atoms with Crippen LogP contribution < -0.4 is 9.79 Å². The Bertz CT molecular complexity index is 237. The molecule has 0 fully saturated rings. The molecule has 18 heavy (non-hydrogen) atoms. The summed E-state index contributed by atoms with van der Waals surface area (Å²) in [6, 6.07) is 0. The number of hydrogen-bond acceptors (Lipinski definition) is 4. The third-order valence-electron chi connectivity index (χ3n) is 2.97. The van der Waals surface area contributed by atoms with Crippen molar-refractivity contribution in [3.05, 3.63) is 0 Å². The van der Waals surface area contributed by atoms with Gasteiger partial charge in [0.15, 0.2) is 0 Å². The van der Waals surface area contributed by atoms with Crippen LogP contribution in [0.15, 0.2) is 0 Å². The van der Waals surface area contributed by atoms with Gasteiger partial charge in [0.2, 0.25) is 0 Å². The van der Waals surface area contributed by atoms with E-state index in [9.17, 15) is 14.4 Å². The maximum absolute atomic E-state index is 10.7. The molecular weight excluding hydrogens is 251 g/mol. The summed E-state index contributed by atoms with van der Waals surface area (Å²) < 4.78 is 15.3. The largest absolute Gasteiger partial charge is 0.790 e. The Hall–Kier alpha value is 0.110. The molecule has 0 N–H and O–H groups in total. The van der Waals surface area contributed by atoms with E-state index in [1.54, 1.807) is 0 Å². The molecular formula is C13H27O4P-2. The van der Waals surface area contributed by atoms with Crippen LogP contribution in [0.3, 0.4) is 0 Å². The van der Waals surface area contributed by atoms with Gasteiger partial charge in [0, 0.05) is 0 Å². The second kappa shape index (κ2) is 9.96. The highest BCUT2D eigenvalue weighted by atomic mass is 31.2. The summed E-state index contributed by atoms with van der Waals surface area (Å²) >= 11 is 0. The molecule has 0 bridgehead atoms. The van der Waals surface area contributed by atoms with E-state index in [1.807, 2.05) is 0 Å². The lowest BCUT2D eigenvalue weighted by Gasteiger charge is -2.33. The van der Waals surface area contributed by atoms with Crippen LogP contribution in [0.25, 0.3) is 0 Å². The number of unbranched alkanes of at least 4 members (excludes halogenated alkanes) is 4. The molecule has 0 aromatic heterocycles. The van der Waals surface area contributed by atoms with Gasteiger partial charge in [-0.15, -0.1) is 0 Å². The molecule has 0 spiro atoms. The number of rotatable bonds is 11. The van der Waals surface area contributed by atoms with E-state index < -0.39 is 13.9 Å². The minimum Gasteiger partial charge on any atom is -0.790 e. The van der Waals surface area contributed by atoms with Crippen LogP contribution in [0.2, 0.25) is 0 Å². The first-order valence-corrected chi connectivity index (χ1v) is 8.51. The van der Waals surface area contributed by atoms with E-state index in [4.69, 9.17) is 0 Å². The molecule has 5 heteroatoms. The Balaban J connectivity index is 3.93. The van der Waals surface area contributed by atoms with Crippen LogP contribution in [0, 0.1) is 5.92 Å². The molecule has 0 heterocycles. The van der Waals surface area contributed by atoms with Gasteiger partial charge in [0.05, 0.1) is 13.9 Å². The molecule has 0 amide bonds. The van der Waals surface area contributed by atoms with E-state index in [0.717, 1.165) is 19.3 Å². The summed E-state index contributed by atoms with van der Waals surface area (Å²) in [4.78, 5) is 21.3. The quantitative estimate of drug-likeness (QED) is 0.430. The molecule has 0 aliphatic heterocycles. The highest BCUT2D eigenvalue weighted by Gasteiger charge is 2.11. The first-order chi connectivity index (χ1) is 8.35. The summed E-state index contributed by atoms with van der Waals surface area (Å²) in [5.74, 6) is 0.494. The predicted molar refractivity (Wildman–Crippen MR) is 69.9 cm³/mol. The Morgan fingerprint density at radius 2 is 1.61 bits per heavy atom. The smallest absolute Gasteiger partial charge is 0.0627 e. The molecule has 0 saturated heterocycles. The van der Waals surface area contributed by atoms with Crippen LogP contribution in [0.4, 0.5) is 0 Å². The average molecular weight is 278 g/mol. The highest BCUT2D eigenvalue weighted by Crippen LogP contribution is 2.31. The van der Waals surface area contributed by atoms with Gasteiger partial charge in [-0.05, 0) is 25.2 Å². The van der Waals surface area contributed by atoms with E-state index >= 15 is 0 Å². The van der Waals surface area contributed by atoms with Crippen molar-refractivity contribution >= 4 is 7.82 Å². The van der Waals surface area contributed by atoms with Crippen LogP contribution in [-0.4, -0.2) is 6.10 Å². The molecule has 0 aromatic rings. The molecule has 0 aliphatic carbocycles. The second-order valence-electron chi connectivity index (χ2n) is 5.35. The maximum atomic E-state index is 10.7. The zero-order chi connectivity index (χ0) is 14.0. The van der Waals surface area contributed by atoms with E-state index in [2.05, 4.69) is 25.3 Å². The van der Waals surface area contributed by atoms with Gasteiger partial charge in [-0.3, -0.25) is 0 Å². The highest BCUT2D eigenvalue weighted by molar-refractivity contribution is 7.43.